The van der Waals surface area contributed by atoms with Gasteiger partial charge in [-0.05, 0) is 33.7 Å². The van der Waals surface area contributed by atoms with E-state index in [4.69, 9.17) is 4.74 Å². The van der Waals surface area contributed by atoms with E-state index in [0.29, 0.717) is 11.6 Å². The highest BCUT2D eigenvalue weighted by atomic mass is 32.2. The maximum Gasteiger partial charge on any atom is 0.253 e. The lowest BCUT2D eigenvalue weighted by atomic mass is 9.98. The molecule has 9 heteroatoms. The van der Waals surface area contributed by atoms with Crippen LogP contribution in [0.1, 0.15) is 23.6 Å². The molecule has 29 heavy (non-hydrogen) atoms. The highest BCUT2D eigenvalue weighted by Gasteiger charge is 2.33. The van der Waals surface area contributed by atoms with Crippen LogP contribution in [0.5, 0.6) is 5.75 Å². The van der Waals surface area contributed by atoms with Crippen molar-refractivity contribution in [1.82, 2.24) is 25.2 Å². The molecule has 3 aromatic rings. The Kier molecular flexibility index (Phi) is 5.57. The molecule has 0 bridgehead atoms. The van der Waals surface area contributed by atoms with Gasteiger partial charge in [0.2, 0.25) is 5.16 Å². The molecular weight excluding hydrogens is 388 g/mol. The van der Waals surface area contributed by atoms with Gasteiger partial charge in [-0.2, -0.15) is 5.10 Å². The van der Waals surface area contributed by atoms with E-state index in [1.54, 1.807) is 23.8 Å². The summed E-state index contributed by atoms with van der Waals surface area (Å²) in [5.74, 6) is 0.885. The van der Waals surface area contributed by atoms with Crippen LogP contribution in [0.25, 0.3) is 0 Å². The molecule has 1 aliphatic rings. The number of benzene rings is 2. The van der Waals surface area contributed by atoms with Crippen molar-refractivity contribution in [2.24, 2.45) is 12.1 Å². The summed E-state index contributed by atoms with van der Waals surface area (Å²) in [7, 11) is 3.38. The largest absolute Gasteiger partial charge is 0.497 e. The first-order valence-electron chi connectivity index (χ1n) is 9.10. The van der Waals surface area contributed by atoms with Gasteiger partial charge in [0, 0.05) is 13.5 Å². The summed E-state index contributed by atoms with van der Waals surface area (Å²) in [5, 5.41) is 18.2. The first-order chi connectivity index (χ1) is 14.2. The Labute approximate surface area is 172 Å². The maximum atomic E-state index is 13.0. The molecular formula is C20H20N6O2S. The van der Waals surface area contributed by atoms with Gasteiger partial charge in [0.1, 0.15) is 5.75 Å². The molecule has 8 nitrogen and oxygen atoms in total. The van der Waals surface area contributed by atoms with Gasteiger partial charge in [0.05, 0.1) is 24.6 Å². The van der Waals surface area contributed by atoms with Crippen LogP contribution in [-0.2, 0) is 11.8 Å². The number of thioether (sulfide) groups is 1. The van der Waals surface area contributed by atoms with Crippen molar-refractivity contribution in [3.05, 3.63) is 65.7 Å². The fourth-order valence-corrected chi connectivity index (χ4v) is 3.87. The van der Waals surface area contributed by atoms with Crippen molar-refractivity contribution in [2.45, 2.75) is 17.6 Å². The van der Waals surface area contributed by atoms with Gasteiger partial charge in [0.15, 0.2) is 0 Å². The van der Waals surface area contributed by atoms with Gasteiger partial charge < -0.3 is 4.74 Å². The van der Waals surface area contributed by atoms with Crippen molar-refractivity contribution < 1.29 is 9.53 Å². The highest BCUT2D eigenvalue weighted by Crippen LogP contribution is 2.34. The van der Waals surface area contributed by atoms with E-state index in [0.717, 1.165) is 22.6 Å². The molecule has 0 fully saturated rings. The molecule has 1 aromatic heterocycles. The SMILES string of the molecule is COc1ccc([C@@H]2CC(c3ccccc3)=NN2C(=O)CSc2nnnn2C)cc1. The van der Waals surface area contributed by atoms with Gasteiger partial charge in [-0.3, -0.25) is 4.79 Å². The number of carbonyl (C=O) groups is 1. The number of methoxy groups -OCH3 is 1. The minimum Gasteiger partial charge on any atom is -0.497 e. The Bertz CT molecular complexity index is 1020. The second-order valence-electron chi connectivity index (χ2n) is 6.52. The molecule has 1 amide bonds. The third kappa shape index (κ3) is 4.14. The van der Waals surface area contributed by atoms with Crippen LogP contribution < -0.4 is 4.74 Å². The molecule has 0 aliphatic carbocycles. The standard InChI is InChI=1S/C20H20N6O2S/c1-25-20(21-23-24-25)29-13-19(27)26-18(15-8-10-16(28-2)11-9-15)12-17(22-26)14-6-4-3-5-7-14/h3-11,18H,12-13H2,1-2H3/t18-/m0/s1. The number of hydrazone groups is 1. The predicted octanol–water partition coefficient (Wildman–Crippen LogP) is 2.69. The molecule has 148 valence electrons. The molecule has 2 aromatic carbocycles. The molecule has 1 atom stereocenters. The summed E-state index contributed by atoms with van der Waals surface area (Å²) in [6.07, 6.45) is 0.651. The number of amides is 1. The third-order valence-corrected chi connectivity index (χ3v) is 5.67. The number of ether oxygens (including phenoxy) is 1. The first-order valence-corrected chi connectivity index (χ1v) is 10.1. The highest BCUT2D eigenvalue weighted by molar-refractivity contribution is 7.99. The number of rotatable bonds is 6. The second-order valence-corrected chi connectivity index (χ2v) is 7.46. The fourth-order valence-electron chi connectivity index (χ4n) is 3.17. The Morgan fingerprint density at radius 2 is 1.93 bits per heavy atom. The van der Waals surface area contributed by atoms with Gasteiger partial charge >= 0.3 is 0 Å². The summed E-state index contributed by atoms with van der Waals surface area (Å²) in [4.78, 5) is 13.0. The lowest BCUT2D eigenvalue weighted by Gasteiger charge is -2.22. The van der Waals surface area contributed by atoms with Crippen LogP contribution >= 0.6 is 11.8 Å². The molecule has 2 heterocycles. The molecule has 1 aliphatic heterocycles. The fraction of sp³-hybridized carbons (Fsp3) is 0.250. The molecule has 0 N–H and O–H groups in total. The van der Waals surface area contributed by atoms with Gasteiger partial charge in [-0.15, -0.1) is 5.10 Å². The smallest absolute Gasteiger partial charge is 0.253 e. The van der Waals surface area contributed by atoms with Crippen LogP contribution in [0.3, 0.4) is 0 Å². The van der Waals surface area contributed by atoms with E-state index in [1.165, 1.54) is 11.8 Å². The molecule has 0 unspecified atom stereocenters. The minimum absolute atomic E-state index is 0.0928. The lowest BCUT2D eigenvalue weighted by molar-refractivity contribution is -0.130. The normalized spacial score (nSPS) is 16.0. The Morgan fingerprint density at radius 1 is 1.17 bits per heavy atom. The van der Waals surface area contributed by atoms with Crippen molar-refractivity contribution in [3.8, 4) is 5.75 Å². The van der Waals surface area contributed by atoms with Crippen molar-refractivity contribution in [3.63, 3.8) is 0 Å². The van der Waals surface area contributed by atoms with E-state index in [1.807, 2.05) is 54.6 Å². The summed E-state index contributed by atoms with van der Waals surface area (Å²) < 4.78 is 6.80. The topological polar surface area (TPSA) is 85.5 Å². The summed E-state index contributed by atoms with van der Waals surface area (Å²) in [6, 6.07) is 17.5. The molecule has 0 saturated heterocycles. The lowest BCUT2D eigenvalue weighted by Crippen LogP contribution is -2.28. The minimum atomic E-state index is -0.165. The molecule has 0 radical (unpaired) electrons. The van der Waals surface area contributed by atoms with E-state index in [-0.39, 0.29) is 17.7 Å². The summed E-state index contributed by atoms with van der Waals surface area (Å²) >= 11 is 1.30. The number of nitrogens with zero attached hydrogens (tertiary/aromatic N) is 6. The number of hydrogen-bond acceptors (Lipinski definition) is 7. The van der Waals surface area contributed by atoms with Crippen LogP contribution in [0.4, 0.5) is 0 Å². The predicted molar refractivity (Wildman–Crippen MR) is 110 cm³/mol. The zero-order valence-corrected chi connectivity index (χ0v) is 16.9. The van der Waals surface area contributed by atoms with Gasteiger partial charge in [-0.1, -0.05) is 54.2 Å². The average Bonchev–Trinajstić information content (AvgIpc) is 3.39. The maximum absolute atomic E-state index is 13.0. The third-order valence-electron chi connectivity index (χ3n) is 4.68. The Balaban J connectivity index is 1.58. The first kappa shape index (κ1) is 19.1. The van der Waals surface area contributed by atoms with Crippen LogP contribution in [0, 0.1) is 0 Å². The molecule has 4 rings (SSSR count). The van der Waals surface area contributed by atoms with Gasteiger partial charge in [-0.25, -0.2) is 9.69 Å². The number of aryl methyl sites for hydroxylation is 1. The average molecular weight is 408 g/mol. The quantitative estimate of drug-likeness (QED) is 0.583. The van der Waals surface area contributed by atoms with E-state index < -0.39 is 0 Å². The van der Waals surface area contributed by atoms with Crippen molar-refractivity contribution >= 4 is 23.4 Å². The summed E-state index contributed by atoms with van der Waals surface area (Å²) in [6.45, 7) is 0. The van der Waals surface area contributed by atoms with E-state index >= 15 is 0 Å². The molecule has 0 spiro atoms. The monoisotopic (exact) mass is 408 g/mol. The van der Waals surface area contributed by atoms with Crippen LogP contribution in [-0.4, -0.2) is 49.7 Å². The zero-order valence-electron chi connectivity index (χ0n) is 16.1. The van der Waals surface area contributed by atoms with Crippen molar-refractivity contribution in [2.75, 3.05) is 12.9 Å². The van der Waals surface area contributed by atoms with Crippen molar-refractivity contribution in [1.29, 1.82) is 0 Å². The van der Waals surface area contributed by atoms with Crippen LogP contribution in [0.15, 0.2) is 64.9 Å². The number of tetrazole rings is 1. The number of hydrogen-bond donors (Lipinski definition) is 0. The number of carbonyl (C=O) groups excluding carboxylic acids is 1. The Morgan fingerprint density at radius 3 is 2.59 bits per heavy atom. The van der Waals surface area contributed by atoms with E-state index in [2.05, 4.69) is 20.6 Å². The number of aromatic nitrogens is 4. The Hall–Kier alpha value is -3.20. The van der Waals surface area contributed by atoms with Crippen LogP contribution in [0.2, 0.25) is 0 Å². The second kappa shape index (κ2) is 8.44. The molecule has 0 saturated carbocycles. The zero-order chi connectivity index (χ0) is 20.2. The summed E-state index contributed by atoms with van der Waals surface area (Å²) in [5.41, 5.74) is 2.93. The van der Waals surface area contributed by atoms with Gasteiger partial charge in [0.25, 0.3) is 5.91 Å². The van der Waals surface area contributed by atoms with E-state index in [9.17, 15) is 4.79 Å².